The Labute approximate surface area is 81.7 Å². The van der Waals surface area contributed by atoms with E-state index in [0.29, 0.717) is 5.95 Å². The van der Waals surface area contributed by atoms with Gasteiger partial charge in [0.2, 0.25) is 11.1 Å². The number of hydrogen-bond donors (Lipinski definition) is 2. The highest BCUT2D eigenvalue weighted by Crippen LogP contribution is 2.29. The lowest BCUT2D eigenvalue weighted by Gasteiger charge is -2.24. The van der Waals surface area contributed by atoms with Crippen molar-refractivity contribution in [2.24, 2.45) is 5.92 Å². The van der Waals surface area contributed by atoms with E-state index >= 15 is 0 Å². The SMILES string of the molecule is Nc1nsc(NCCC2CCC2)n1. The van der Waals surface area contributed by atoms with Gasteiger partial charge in [-0.25, -0.2) is 0 Å². The van der Waals surface area contributed by atoms with Crippen molar-refractivity contribution in [1.82, 2.24) is 9.36 Å². The third-order valence-corrected chi connectivity index (χ3v) is 3.18. The van der Waals surface area contributed by atoms with E-state index in [-0.39, 0.29) is 0 Å². The van der Waals surface area contributed by atoms with Crippen molar-refractivity contribution in [3.05, 3.63) is 0 Å². The van der Waals surface area contributed by atoms with Crippen LogP contribution in [-0.2, 0) is 0 Å². The number of nitrogens with zero attached hydrogens (tertiary/aromatic N) is 2. The van der Waals surface area contributed by atoms with E-state index in [0.717, 1.165) is 17.6 Å². The summed E-state index contributed by atoms with van der Waals surface area (Å²) in [6.07, 6.45) is 5.47. The van der Waals surface area contributed by atoms with Crippen LogP contribution in [0.4, 0.5) is 11.1 Å². The predicted octanol–water partition coefficient (Wildman–Crippen LogP) is 1.72. The van der Waals surface area contributed by atoms with Crippen molar-refractivity contribution in [3.8, 4) is 0 Å². The molecule has 1 saturated carbocycles. The summed E-state index contributed by atoms with van der Waals surface area (Å²) in [5.74, 6) is 1.31. The number of aromatic nitrogens is 2. The Balaban J connectivity index is 1.67. The van der Waals surface area contributed by atoms with Gasteiger partial charge in [-0.3, -0.25) is 0 Å². The second kappa shape index (κ2) is 3.91. The largest absolute Gasteiger partial charge is 0.367 e. The molecule has 0 spiro atoms. The fourth-order valence-electron chi connectivity index (χ4n) is 1.47. The first-order valence-electron chi connectivity index (χ1n) is 4.67. The number of anilines is 2. The Bertz CT molecular complexity index is 269. The molecular formula is C8H14N4S. The van der Waals surface area contributed by atoms with Crippen LogP contribution >= 0.6 is 11.5 Å². The molecule has 1 aromatic rings. The molecule has 2 rings (SSSR count). The molecule has 0 saturated heterocycles. The molecule has 0 bridgehead atoms. The van der Waals surface area contributed by atoms with Gasteiger partial charge >= 0.3 is 0 Å². The van der Waals surface area contributed by atoms with Crippen molar-refractivity contribution >= 4 is 22.6 Å². The average molecular weight is 198 g/mol. The van der Waals surface area contributed by atoms with Crippen molar-refractivity contribution in [2.75, 3.05) is 17.6 Å². The van der Waals surface area contributed by atoms with Gasteiger partial charge in [-0.15, -0.1) is 0 Å². The van der Waals surface area contributed by atoms with Crippen LogP contribution in [-0.4, -0.2) is 15.9 Å². The first kappa shape index (κ1) is 8.74. The zero-order valence-electron chi connectivity index (χ0n) is 7.49. The van der Waals surface area contributed by atoms with Crippen molar-refractivity contribution in [1.29, 1.82) is 0 Å². The zero-order chi connectivity index (χ0) is 9.10. The minimum absolute atomic E-state index is 0.371. The summed E-state index contributed by atoms with van der Waals surface area (Å²) in [7, 11) is 0. The Kier molecular flexibility index (Phi) is 2.63. The van der Waals surface area contributed by atoms with Gasteiger partial charge in [-0.05, 0) is 12.3 Å². The van der Waals surface area contributed by atoms with Crippen LogP contribution in [0.2, 0.25) is 0 Å². The highest BCUT2D eigenvalue weighted by Gasteiger charge is 2.16. The molecule has 0 aromatic carbocycles. The summed E-state index contributed by atoms with van der Waals surface area (Å²) < 4.78 is 3.89. The summed E-state index contributed by atoms with van der Waals surface area (Å²) >= 11 is 1.33. The molecule has 0 unspecified atom stereocenters. The molecule has 0 atom stereocenters. The minimum atomic E-state index is 0.371. The number of nitrogens with two attached hydrogens (primary N) is 1. The van der Waals surface area contributed by atoms with E-state index in [9.17, 15) is 0 Å². The number of hydrogen-bond acceptors (Lipinski definition) is 5. The van der Waals surface area contributed by atoms with Gasteiger partial charge in [-0.1, -0.05) is 19.3 Å². The van der Waals surface area contributed by atoms with Crippen LogP contribution < -0.4 is 11.1 Å². The smallest absolute Gasteiger partial charge is 0.233 e. The van der Waals surface area contributed by atoms with E-state index in [1.807, 2.05) is 0 Å². The molecule has 0 radical (unpaired) electrons. The molecule has 1 aliphatic carbocycles. The summed E-state index contributed by atoms with van der Waals surface area (Å²) in [5.41, 5.74) is 5.40. The fourth-order valence-corrected chi connectivity index (χ4v) is 1.99. The summed E-state index contributed by atoms with van der Waals surface area (Å²) in [5, 5.41) is 4.07. The van der Waals surface area contributed by atoms with Crippen LogP contribution in [0.1, 0.15) is 25.7 Å². The van der Waals surface area contributed by atoms with E-state index < -0.39 is 0 Å². The zero-order valence-corrected chi connectivity index (χ0v) is 8.31. The van der Waals surface area contributed by atoms with Gasteiger partial charge in [-0.2, -0.15) is 9.36 Å². The van der Waals surface area contributed by atoms with Crippen LogP contribution in [0.3, 0.4) is 0 Å². The molecule has 1 aliphatic rings. The molecule has 1 fully saturated rings. The molecule has 0 amide bonds. The standard InChI is InChI=1S/C8H14N4S/c9-7-11-8(13-12-7)10-5-4-6-2-1-3-6/h6H,1-5H2,(H3,9,10,11,12). The Morgan fingerprint density at radius 2 is 2.38 bits per heavy atom. The van der Waals surface area contributed by atoms with Gasteiger partial charge in [0.15, 0.2) is 0 Å². The maximum Gasteiger partial charge on any atom is 0.233 e. The quantitative estimate of drug-likeness (QED) is 0.773. The molecule has 4 nitrogen and oxygen atoms in total. The Morgan fingerprint density at radius 3 is 2.92 bits per heavy atom. The third-order valence-electron chi connectivity index (χ3n) is 2.50. The first-order chi connectivity index (χ1) is 6.34. The topological polar surface area (TPSA) is 63.8 Å². The molecular weight excluding hydrogens is 184 g/mol. The Morgan fingerprint density at radius 1 is 1.54 bits per heavy atom. The lowest BCUT2D eigenvalue weighted by molar-refractivity contribution is 0.303. The van der Waals surface area contributed by atoms with E-state index in [1.165, 1.54) is 37.2 Å². The first-order valence-corrected chi connectivity index (χ1v) is 5.45. The molecule has 1 heterocycles. The lowest BCUT2D eigenvalue weighted by atomic mass is 9.83. The molecule has 3 N–H and O–H groups in total. The molecule has 72 valence electrons. The van der Waals surface area contributed by atoms with Crippen molar-refractivity contribution < 1.29 is 0 Å². The number of nitrogens with one attached hydrogen (secondary N) is 1. The molecule has 0 aliphatic heterocycles. The van der Waals surface area contributed by atoms with Gasteiger partial charge in [0.1, 0.15) is 0 Å². The molecule has 13 heavy (non-hydrogen) atoms. The van der Waals surface area contributed by atoms with Crippen molar-refractivity contribution in [2.45, 2.75) is 25.7 Å². The van der Waals surface area contributed by atoms with Crippen molar-refractivity contribution in [3.63, 3.8) is 0 Å². The van der Waals surface area contributed by atoms with Gasteiger partial charge < -0.3 is 11.1 Å². The predicted molar refractivity (Wildman–Crippen MR) is 54.8 cm³/mol. The third kappa shape index (κ3) is 2.30. The van der Waals surface area contributed by atoms with Gasteiger partial charge in [0.05, 0.1) is 0 Å². The van der Waals surface area contributed by atoms with E-state index in [1.54, 1.807) is 0 Å². The summed E-state index contributed by atoms with van der Waals surface area (Å²) in [6.45, 7) is 0.999. The molecule has 1 aromatic heterocycles. The Hall–Kier alpha value is -0.840. The normalized spacial score (nSPS) is 16.9. The fraction of sp³-hybridized carbons (Fsp3) is 0.750. The van der Waals surface area contributed by atoms with E-state index in [4.69, 9.17) is 5.73 Å². The lowest BCUT2D eigenvalue weighted by Crippen LogP contribution is -2.15. The summed E-state index contributed by atoms with van der Waals surface area (Å²) in [6, 6.07) is 0. The minimum Gasteiger partial charge on any atom is -0.367 e. The highest BCUT2D eigenvalue weighted by molar-refractivity contribution is 7.09. The number of nitrogen functional groups attached to an aromatic ring is 1. The average Bonchev–Trinajstić information content (AvgIpc) is 2.42. The van der Waals surface area contributed by atoms with Crippen LogP contribution in [0.15, 0.2) is 0 Å². The number of rotatable bonds is 4. The van der Waals surface area contributed by atoms with Gasteiger partial charge in [0.25, 0.3) is 0 Å². The van der Waals surface area contributed by atoms with E-state index in [2.05, 4.69) is 14.7 Å². The monoisotopic (exact) mass is 198 g/mol. The van der Waals surface area contributed by atoms with Crippen LogP contribution in [0, 0.1) is 5.92 Å². The van der Waals surface area contributed by atoms with Gasteiger partial charge in [0, 0.05) is 18.1 Å². The second-order valence-corrected chi connectivity index (χ2v) is 4.22. The van der Waals surface area contributed by atoms with Crippen LogP contribution in [0.5, 0.6) is 0 Å². The van der Waals surface area contributed by atoms with Crippen LogP contribution in [0.25, 0.3) is 0 Å². The highest BCUT2D eigenvalue weighted by atomic mass is 32.1. The molecule has 5 heteroatoms. The summed E-state index contributed by atoms with van der Waals surface area (Å²) in [4.78, 5) is 4.03. The maximum absolute atomic E-state index is 5.40. The maximum atomic E-state index is 5.40. The second-order valence-electron chi connectivity index (χ2n) is 3.47.